The minimum Gasteiger partial charge on any atom is -0.495 e. The van der Waals surface area contributed by atoms with Crippen molar-refractivity contribution in [3.8, 4) is 11.5 Å². The van der Waals surface area contributed by atoms with Crippen LogP contribution in [-0.2, 0) is 9.59 Å². The smallest absolute Gasteiger partial charge is 0.282 e. The van der Waals surface area contributed by atoms with Crippen molar-refractivity contribution in [1.82, 2.24) is 4.90 Å². The summed E-state index contributed by atoms with van der Waals surface area (Å²) in [6.45, 7) is 5.47. The van der Waals surface area contributed by atoms with Gasteiger partial charge in [0.1, 0.15) is 17.2 Å². The van der Waals surface area contributed by atoms with Crippen LogP contribution in [0.2, 0.25) is 0 Å². The zero-order chi connectivity index (χ0) is 21.3. The number of hydrogen-bond donors (Lipinski definition) is 0. The van der Waals surface area contributed by atoms with Crippen LogP contribution in [0.1, 0.15) is 32.3 Å². The van der Waals surface area contributed by atoms with Crippen LogP contribution in [0, 0.1) is 0 Å². The fourth-order valence-corrected chi connectivity index (χ4v) is 4.02. The lowest BCUT2D eigenvalue weighted by Gasteiger charge is -2.21. The summed E-state index contributed by atoms with van der Waals surface area (Å²) in [6.07, 6.45) is 2.08. The number of imide groups is 1. The standard InChI is InChI=1S/C24H26N2O4/c1-16(2)30-18-12-10-17(11-13-18)21-22(25-14-6-7-15-25)24(28)26(23(21)27)19-8-4-5-9-20(19)29-3/h4-5,8-13,16H,6-7,14-15H2,1-3H3. The number of amides is 2. The minimum absolute atomic E-state index is 0.0611. The Kier molecular flexibility index (Phi) is 5.48. The lowest BCUT2D eigenvalue weighted by atomic mass is 10.0. The summed E-state index contributed by atoms with van der Waals surface area (Å²) in [4.78, 5) is 30.3. The Hall–Kier alpha value is -3.28. The van der Waals surface area contributed by atoms with E-state index in [9.17, 15) is 9.59 Å². The SMILES string of the molecule is COc1ccccc1N1C(=O)C(c2ccc(OC(C)C)cc2)=C(N2CCCC2)C1=O. The highest BCUT2D eigenvalue weighted by molar-refractivity contribution is 6.45. The van der Waals surface area contributed by atoms with Gasteiger partial charge >= 0.3 is 0 Å². The van der Waals surface area contributed by atoms with E-state index < -0.39 is 0 Å². The van der Waals surface area contributed by atoms with E-state index in [1.807, 2.05) is 49.1 Å². The number of para-hydroxylation sites is 2. The highest BCUT2D eigenvalue weighted by Gasteiger charge is 2.43. The Morgan fingerprint density at radius 2 is 1.57 bits per heavy atom. The van der Waals surface area contributed by atoms with E-state index in [4.69, 9.17) is 9.47 Å². The van der Waals surface area contributed by atoms with Gasteiger partial charge in [-0.05, 0) is 56.5 Å². The molecule has 2 aliphatic heterocycles. The second-order valence-corrected chi connectivity index (χ2v) is 7.73. The van der Waals surface area contributed by atoms with Gasteiger partial charge in [-0.15, -0.1) is 0 Å². The first kappa shape index (κ1) is 20.0. The number of benzene rings is 2. The van der Waals surface area contributed by atoms with Crippen LogP contribution >= 0.6 is 0 Å². The summed E-state index contributed by atoms with van der Waals surface area (Å²) in [5.41, 5.74) is 2.08. The van der Waals surface area contributed by atoms with Gasteiger partial charge in [-0.2, -0.15) is 0 Å². The molecule has 6 heteroatoms. The predicted octanol–water partition coefficient (Wildman–Crippen LogP) is 3.86. The summed E-state index contributed by atoms with van der Waals surface area (Å²) >= 11 is 0. The van der Waals surface area contributed by atoms with Crippen LogP contribution in [0.4, 0.5) is 5.69 Å². The van der Waals surface area contributed by atoms with Crippen molar-refractivity contribution in [3.05, 3.63) is 59.8 Å². The van der Waals surface area contributed by atoms with Gasteiger partial charge in [0.25, 0.3) is 11.8 Å². The van der Waals surface area contributed by atoms with Crippen molar-refractivity contribution in [2.45, 2.75) is 32.8 Å². The van der Waals surface area contributed by atoms with E-state index in [1.165, 1.54) is 12.0 Å². The molecule has 30 heavy (non-hydrogen) atoms. The third-order valence-electron chi connectivity index (χ3n) is 5.32. The Bertz CT molecular complexity index is 989. The number of likely N-dealkylation sites (tertiary alicyclic amines) is 1. The molecule has 2 aliphatic rings. The van der Waals surface area contributed by atoms with E-state index >= 15 is 0 Å². The molecule has 2 amide bonds. The Labute approximate surface area is 176 Å². The van der Waals surface area contributed by atoms with Crippen molar-refractivity contribution in [2.75, 3.05) is 25.1 Å². The van der Waals surface area contributed by atoms with Crippen molar-refractivity contribution < 1.29 is 19.1 Å². The molecule has 0 aromatic heterocycles. The van der Waals surface area contributed by atoms with Gasteiger partial charge in [0.2, 0.25) is 0 Å². The van der Waals surface area contributed by atoms with Gasteiger partial charge in [0.15, 0.2) is 0 Å². The Balaban J connectivity index is 1.78. The molecule has 0 radical (unpaired) electrons. The molecular weight excluding hydrogens is 380 g/mol. The molecule has 4 rings (SSSR count). The Morgan fingerprint density at radius 3 is 2.20 bits per heavy atom. The topological polar surface area (TPSA) is 59.1 Å². The summed E-state index contributed by atoms with van der Waals surface area (Å²) in [7, 11) is 1.53. The molecule has 0 unspecified atom stereocenters. The molecule has 0 saturated carbocycles. The van der Waals surface area contributed by atoms with Gasteiger partial charge < -0.3 is 14.4 Å². The predicted molar refractivity (Wildman–Crippen MR) is 115 cm³/mol. The molecule has 156 valence electrons. The van der Waals surface area contributed by atoms with Crippen molar-refractivity contribution >= 4 is 23.1 Å². The molecule has 2 heterocycles. The third kappa shape index (κ3) is 3.54. The van der Waals surface area contributed by atoms with Gasteiger partial charge in [-0.25, -0.2) is 4.90 Å². The van der Waals surface area contributed by atoms with Gasteiger partial charge in [-0.3, -0.25) is 9.59 Å². The van der Waals surface area contributed by atoms with E-state index in [-0.39, 0.29) is 17.9 Å². The normalized spacial score (nSPS) is 16.8. The zero-order valence-corrected chi connectivity index (χ0v) is 17.6. The van der Waals surface area contributed by atoms with Gasteiger partial charge in [0.05, 0.1) is 24.5 Å². The van der Waals surface area contributed by atoms with Gasteiger partial charge in [0, 0.05) is 13.1 Å². The molecule has 0 aliphatic carbocycles. The summed E-state index contributed by atoms with van der Waals surface area (Å²) < 4.78 is 11.1. The maximum atomic E-state index is 13.5. The fraction of sp³-hybridized carbons (Fsp3) is 0.333. The van der Waals surface area contributed by atoms with E-state index in [1.54, 1.807) is 18.2 Å². The second-order valence-electron chi connectivity index (χ2n) is 7.73. The number of methoxy groups -OCH3 is 1. The third-order valence-corrected chi connectivity index (χ3v) is 5.32. The van der Waals surface area contributed by atoms with Gasteiger partial charge in [-0.1, -0.05) is 24.3 Å². The van der Waals surface area contributed by atoms with E-state index in [0.717, 1.165) is 31.7 Å². The summed E-state index contributed by atoms with van der Waals surface area (Å²) in [6, 6.07) is 14.5. The molecule has 0 N–H and O–H groups in total. The first-order valence-electron chi connectivity index (χ1n) is 10.3. The number of carbonyl (C=O) groups excluding carboxylic acids is 2. The van der Waals surface area contributed by atoms with E-state index in [2.05, 4.69) is 0 Å². The molecule has 0 atom stereocenters. The van der Waals surface area contributed by atoms with Crippen molar-refractivity contribution in [3.63, 3.8) is 0 Å². The summed E-state index contributed by atoms with van der Waals surface area (Å²) in [5, 5.41) is 0. The summed E-state index contributed by atoms with van der Waals surface area (Å²) in [5.74, 6) is 0.588. The molecule has 1 saturated heterocycles. The average Bonchev–Trinajstić information content (AvgIpc) is 3.34. The fourth-order valence-electron chi connectivity index (χ4n) is 4.02. The number of rotatable bonds is 6. The van der Waals surface area contributed by atoms with Crippen molar-refractivity contribution in [2.24, 2.45) is 0 Å². The molecular formula is C24H26N2O4. The quantitative estimate of drug-likeness (QED) is 0.682. The molecule has 1 fully saturated rings. The maximum absolute atomic E-state index is 13.5. The first-order valence-corrected chi connectivity index (χ1v) is 10.3. The minimum atomic E-state index is -0.330. The highest BCUT2D eigenvalue weighted by atomic mass is 16.5. The Morgan fingerprint density at radius 1 is 0.900 bits per heavy atom. The molecule has 2 aromatic carbocycles. The van der Waals surface area contributed by atoms with Crippen LogP contribution in [0.15, 0.2) is 54.2 Å². The lowest BCUT2D eigenvalue weighted by molar-refractivity contribution is -0.120. The van der Waals surface area contributed by atoms with Crippen LogP contribution in [0.3, 0.4) is 0 Å². The van der Waals surface area contributed by atoms with Crippen molar-refractivity contribution in [1.29, 1.82) is 0 Å². The van der Waals surface area contributed by atoms with Crippen LogP contribution in [0.25, 0.3) is 5.57 Å². The maximum Gasteiger partial charge on any atom is 0.282 e. The largest absolute Gasteiger partial charge is 0.495 e. The average molecular weight is 406 g/mol. The zero-order valence-electron chi connectivity index (χ0n) is 17.6. The molecule has 2 aromatic rings. The molecule has 0 bridgehead atoms. The number of carbonyl (C=O) groups is 2. The van der Waals surface area contributed by atoms with E-state index in [0.29, 0.717) is 28.3 Å². The number of hydrogen-bond acceptors (Lipinski definition) is 5. The monoisotopic (exact) mass is 406 g/mol. The molecule has 6 nitrogen and oxygen atoms in total. The first-order chi connectivity index (χ1) is 14.5. The highest BCUT2D eigenvalue weighted by Crippen LogP contribution is 2.39. The molecule has 0 spiro atoms. The van der Waals surface area contributed by atoms with Crippen LogP contribution < -0.4 is 14.4 Å². The second kappa shape index (κ2) is 8.22. The number of ether oxygens (including phenoxy) is 2. The number of anilines is 1. The van der Waals surface area contributed by atoms with Crippen LogP contribution in [-0.4, -0.2) is 43.0 Å². The number of nitrogens with zero attached hydrogens (tertiary/aromatic N) is 2. The van der Waals surface area contributed by atoms with Crippen LogP contribution in [0.5, 0.6) is 11.5 Å². The lowest BCUT2D eigenvalue weighted by Crippen LogP contribution is -2.34.